The van der Waals surface area contributed by atoms with E-state index in [0.717, 1.165) is 12.2 Å². The molecule has 2 heteroatoms. The Morgan fingerprint density at radius 2 is 2.18 bits per heavy atom. The van der Waals surface area contributed by atoms with Gasteiger partial charge in [-0.05, 0) is 50.5 Å². The molecule has 1 atom stereocenters. The van der Waals surface area contributed by atoms with E-state index in [1.165, 1.54) is 23.1 Å². The van der Waals surface area contributed by atoms with Crippen LogP contribution in [0.4, 0.5) is 0 Å². The fourth-order valence-corrected chi connectivity index (χ4v) is 3.61. The van der Waals surface area contributed by atoms with Gasteiger partial charge in [0.15, 0.2) is 5.78 Å². The summed E-state index contributed by atoms with van der Waals surface area (Å²) in [6.45, 7) is 6.28. The van der Waals surface area contributed by atoms with Gasteiger partial charge in [0.1, 0.15) is 0 Å². The van der Waals surface area contributed by atoms with Crippen LogP contribution >= 0.6 is 11.8 Å². The zero-order valence-electron chi connectivity index (χ0n) is 10.9. The first-order valence-electron chi connectivity index (χ1n) is 6.25. The van der Waals surface area contributed by atoms with Crippen LogP contribution in [0.15, 0.2) is 18.2 Å². The number of hydrogen-bond acceptors (Lipinski definition) is 2. The molecule has 2 rings (SSSR count). The highest BCUT2D eigenvalue weighted by Gasteiger charge is 2.36. The second-order valence-electron chi connectivity index (χ2n) is 5.21. The van der Waals surface area contributed by atoms with E-state index in [-0.39, 0.29) is 4.75 Å². The molecular formula is C15H20OS. The molecule has 1 aliphatic heterocycles. The van der Waals surface area contributed by atoms with Gasteiger partial charge in [-0.15, -0.1) is 11.8 Å². The molecule has 1 aliphatic rings. The number of benzene rings is 1. The van der Waals surface area contributed by atoms with Gasteiger partial charge in [0.25, 0.3) is 0 Å². The SMILES string of the molecule is Cc1ccc(C)c(CC(=O)C2(C)CCCS2)c1. The van der Waals surface area contributed by atoms with Crippen molar-refractivity contribution in [2.24, 2.45) is 0 Å². The zero-order valence-corrected chi connectivity index (χ0v) is 11.7. The number of hydrogen-bond donors (Lipinski definition) is 0. The number of ketones is 1. The van der Waals surface area contributed by atoms with Crippen molar-refractivity contribution in [3.63, 3.8) is 0 Å². The maximum atomic E-state index is 12.4. The molecule has 17 heavy (non-hydrogen) atoms. The summed E-state index contributed by atoms with van der Waals surface area (Å²) >= 11 is 1.83. The summed E-state index contributed by atoms with van der Waals surface area (Å²) in [7, 11) is 0. The summed E-state index contributed by atoms with van der Waals surface area (Å²) in [5.41, 5.74) is 3.67. The second-order valence-corrected chi connectivity index (χ2v) is 6.81. The van der Waals surface area contributed by atoms with Crippen LogP contribution in [0.5, 0.6) is 0 Å². The largest absolute Gasteiger partial charge is 0.298 e. The molecule has 1 aromatic carbocycles. The predicted molar refractivity (Wildman–Crippen MR) is 74.7 cm³/mol. The van der Waals surface area contributed by atoms with Crippen LogP contribution in [0, 0.1) is 13.8 Å². The normalized spacial score (nSPS) is 23.9. The van der Waals surface area contributed by atoms with Crippen molar-refractivity contribution in [1.82, 2.24) is 0 Å². The summed E-state index contributed by atoms with van der Waals surface area (Å²) < 4.78 is -0.129. The monoisotopic (exact) mass is 248 g/mol. The van der Waals surface area contributed by atoms with E-state index in [4.69, 9.17) is 0 Å². The number of thioether (sulfide) groups is 1. The smallest absolute Gasteiger partial charge is 0.152 e. The molecule has 0 saturated carbocycles. The maximum Gasteiger partial charge on any atom is 0.152 e. The number of Topliss-reactive ketones (excluding diaryl/α,β-unsaturated/α-hetero) is 1. The van der Waals surface area contributed by atoms with Crippen molar-refractivity contribution in [2.75, 3.05) is 5.75 Å². The molecule has 1 nitrogen and oxygen atoms in total. The highest BCUT2D eigenvalue weighted by Crippen LogP contribution is 2.39. The van der Waals surface area contributed by atoms with Gasteiger partial charge in [0.2, 0.25) is 0 Å². The van der Waals surface area contributed by atoms with E-state index >= 15 is 0 Å². The highest BCUT2D eigenvalue weighted by atomic mass is 32.2. The Morgan fingerprint density at radius 3 is 2.82 bits per heavy atom. The lowest BCUT2D eigenvalue weighted by molar-refractivity contribution is -0.120. The van der Waals surface area contributed by atoms with E-state index in [1.54, 1.807) is 0 Å². The molecule has 0 radical (unpaired) electrons. The lowest BCUT2D eigenvalue weighted by atomic mass is 9.92. The first kappa shape index (κ1) is 12.7. The average molecular weight is 248 g/mol. The standard InChI is InChI=1S/C15H20OS/c1-11-5-6-12(2)13(9-11)10-14(16)15(3)7-4-8-17-15/h5-6,9H,4,7-8,10H2,1-3H3. The Kier molecular flexibility index (Phi) is 3.62. The molecule has 92 valence electrons. The summed E-state index contributed by atoms with van der Waals surface area (Å²) in [6.07, 6.45) is 2.82. The van der Waals surface area contributed by atoms with Crippen LogP contribution in [0.1, 0.15) is 36.5 Å². The number of carbonyl (C=O) groups is 1. The van der Waals surface area contributed by atoms with Crippen molar-refractivity contribution in [3.05, 3.63) is 34.9 Å². The number of rotatable bonds is 3. The summed E-state index contributed by atoms with van der Waals surface area (Å²) in [5.74, 6) is 1.53. The Morgan fingerprint density at radius 1 is 1.41 bits per heavy atom. The van der Waals surface area contributed by atoms with E-state index in [0.29, 0.717) is 12.2 Å². The first-order chi connectivity index (χ1) is 8.01. The third-order valence-electron chi connectivity index (χ3n) is 3.66. The van der Waals surface area contributed by atoms with Crippen molar-refractivity contribution >= 4 is 17.5 Å². The minimum absolute atomic E-state index is 0.129. The number of aryl methyl sites for hydroxylation is 2. The van der Waals surface area contributed by atoms with E-state index in [9.17, 15) is 4.79 Å². The summed E-state index contributed by atoms with van der Waals surface area (Å²) in [4.78, 5) is 12.4. The van der Waals surface area contributed by atoms with Gasteiger partial charge >= 0.3 is 0 Å². The molecule has 1 saturated heterocycles. The number of carbonyl (C=O) groups excluding carboxylic acids is 1. The van der Waals surface area contributed by atoms with Gasteiger partial charge < -0.3 is 0 Å². The molecule has 1 fully saturated rings. The molecule has 1 heterocycles. The molecule has 0 aliphatic carbocycles. The van der Waals surface area contributed by atoms with Gasteiger partial charge in [-0.3, -0.25) is 4.79 Å². The predicted octanol–water partition coefficient (Wildman–Crippen LogP) is 3.70. The second kappa shape index (κ2) is 4.85. The maximum absolute atomic E-state index is 12.4. The van der Waals surface area contributed by atoms with Gasteiger partial charge in [0, 0.05) is 6.42 Å². The van der Waals surface area contributed by atoms with Crippen LogP contribution in [0.25, 0.3) is 0 Å². The van der Waals surface area contributed by atoms with E-state index < -0.39 is 0 Å². The molecule has 1 unspecified atom stereocenters. The van der Waals surface area contributed by atoms with Crippen molar-refractivity contribution in [3.8, 4) is 0 Å². The topological polar surface area (TPSA) is 17.1 Å². The molecular weight excluding hydrogens is 228 g/mol. The van der Waals surface area contributed by atoms with Gasteiger partial charge in [-0.1, -0.05) is 23.8 Å². The highest BCUT2D eigenvalue weighted by molar-refractivity contribution is 8.01. The van der Waals surface area contributed by atoms with Crippen LogP contribution in [0.2, 0.25) is 0 Å². The third-order valence-corrected chi connectivity index (χ3v) is 5.23. The average Bonchev–Trinajstić information content (AvgIpc) is 2.72. The van der Waals surface area contributed by atoms with E-state index in [2.05, 4.69) is 39.0 Å². The Hall–Kier alpha value is -0.760. The molecule has 0 aromatic heterocycles. The lowest BCUT2D eigenvalue weighted by Crippen LogP contribution is -2.30. The van der Waals surface area contributed by atoms with Crippen molar-refractivity contribution in [1.29, 1.82) is 0 Å². The van der Waals surface area contributed by atoms with Gasteiger partial charge in [-0.25, -0.2) is 0 Å². The first-order valence-corrected chi connectivity index (χ1v) is 7.23. The Labute approximate surface area is 108 Å². The summed E-state index contributed by atoms with van der Waals surface area (Å²) in [6, 6.07) is 6.37. The van der Waals surface area contributed by atoms with E-state index in [1.807, 2.05) is 11.8 Å². The van der Waals surface area contributed by atoms with Crippen LogP contribution in [-0.4, -0.2) is 16.3 Å². The Balaban J connectivity index is 2.15. The van der Waals surface area contributed by atoms with Gasteiger partial charge in [-0.2, -0.15) is 0 Å². The molecule has 0 spiro atoms. The van der Waals surface area contributed by atoms with Crippen molar-refractivity contribution < 1.29 is 4.79 Å². The van der Waals surface area contributed by atoms with Crippen molar-refractivity contribution in [2.45, 2.75) is 44.8 Å². The fraction of sp³-hybridized carbons (Fsp3) is 0.533. The summed E-state index contributed by atoms with van der Waals surface area (Å²) in [5, 5.41) is 0. The molecule has 0 bridgehead atoms. The molecule has 1 aromatic rings. The van der Waals surface area contributed by atoms with Crippen LogP contribution in [-0.2, 0) is 11.2 Å². The van der Waals surface area contributed by atoms with Crippen LogP contribution in [0.3, 0.4) is 0 Å². The molecule has 0 N–H and O–H groups in total. The zero-order chi connectivity index (χ0) is 12.5. The Bertz CT molecular complexity index is 431. The minimum Gasteiger partial charge on any atom is -0.298 e. The molecule has 0 amide bonds. The fourth-order valence-electron chi connectivity index (χ4n) is 2.35. The van der Waals surface area contributed by atoms with Crippen LogP contribution < -0.4 is 0 Å². The lowest BCUT2D eigenvalue weighted by Gasteiger charge is -2.21. The minimum atomic E-state index is -0.129. The third kappa shape index (κ3) is 2.74. The van der Waals surface area contributed by atoms with Gasteiger partial charge in [0.05, 0.1) is 4.75 Å². The quantitative estimate of drug-likeness (QED) is 0.811.